The van der Waals surface area contributed by atoms with E-state index in [1.54, 1.807) is 12.1 Å². The molecule has 0 aliphatic rings. The van der Waals surface area contributed by atoms with Crippen LogP contribution in [0.25, 0.3) is 10.2 Å². The van der Waals surface area contributed by atoms with E-state index in [1.807, 2.05) is 37.3 Å². The van der Waals surface area contributed by atoms with Crippen molar-refractivity contribution in [2.45, 2.75) is 11.3 Å². The monoisotopic (exact) mass is 327 g/mol. The first-order valence-electron chi connectivity index (χ1n) is 6.76. The molecule has 0 aliphatic heterocycles. The molecule has 3 nitrogen and oxygen atoms in total. The second-order valence-corrected chi connectivity index (χ2v) is 7.08. The number of hydrogen-bond donors (Lipinski definition) is 0. The highest BCUT2D eigenvalue weighted by atomic mass is 32.2. The fraction of sp³-hybridized carbons (Fsp3) is 0.118. The summed E-state index contributed by atoms with van der Waals surface area (Å²) in [4.78, 5) is 28.5. The van der Waals surface area contributed by atoms with Crippen molar-refractivity contribution < 1.29 is 4.79 Å². The van der Waals surface area contributed by atoms with Gasteiger partial charge < -0.3 is 0 Å². The van der Waals surface area contributed by atoms with E-state index in [-0.39, 0.29) is 11.2 Å². The van der Waals surface area contributed by atoms with Crippen LogP contribution < -0.4 is 5.43 Å². The maximum atomic E-state index is 12.2. The summed E-state index contributed by atoms with van der Waals surface area (Å²) in [5.41, 5.74) is 2.49. The number of thioether (sulfide) groups is 1. The second kappa shape index (κ2) is 6.42. The first-order valence-corrected chi connectivity index (χ1v) is 8.56. The average molecular weight is 327 g/mol. The molecular formula is C17H13NO2S2. The van der Waals surface area contributed by atoms with Gasteiger partial charge in [-0.25, -0.2) is 4.98 Å². The largest absolute Gasteiger partial charge is 0.293 e. The molecule has 0 aliphatic carbocycles. The molecule has 0 amide bonds. The van der Waals surface area contributed by atoms with E-state index in [0.29, 0.717) is 21.5 Å². The first-order chi connectivity index (χ1) is 10.6. The van der Waals surface area contributed by atoms with Gasteiger partial charge in [-0.1, -0.05) is 53.7 Å². The molecule has 0 saturated carbocycles. The minimum Gasteiger partial charge on any atom is -0.293 e. The fourth-order valence-corrected chi connectivity index (χ4v) is 3.93. The lowest BCUT2D eigenvalue weighted by molar-refractivity contribution is 0.102. The van der Waals surface area contributed by atoms with E-state index >= 15 is 0 Å². The van der Waals surface area contributed by atoms with Crippen molar-refractivity contribution in [3.63, 3.8) is 0 Å². The lowest BCUT2D eigenvalue weighted by atomic mass is 10.1. The maximum Gasteiger partial charge on any atom is 0.198 e. The third-order valence-corrected chi connectivity index (χ3v) is 5.40. The number of carbonyl (C=O) groups is 1. The van der Waals surface area contributed by atoms with Gasteiger partial charge in [-0.2, -0.15) is 0 Å². The molecule has 0 spiro atoms. The minimum absolute atomic E-state index is 0.0331. The van der Waals surface area contributed by atoms with Gasteiger partial charge in [0.1, 0.15) is 4.70 Å². The zero-order valence-corrected chi connectivity index (χ0v) is 13.5. The fourth-order valence-electron chi connectivity index (χ4n) is 1.98. The standard InChI is InChI=1S/C17H13NO2S2/c1-11-6-8-12(9-7-11)15(20)10-21-17-18-13-4-2-3-5-14(19)16(13)22-17/h2-9H,10H2,1H3. The zero-order valence-electron chi connectivity index (χ0n) is 11.9. The number of nitrogens with zero attached hydrogens (tertiary/aromatic N) is 1. The highest BCUT2D eigenvalue weighted by molar-refractivity contribution is 8.01. The average Bonchev–Trinajstić information content (AvgIpc) is 2.85. The highest BCUT2D eigenvalue weighted by Crippen LogP contribution is 2.27. The minimum atomic E-state index is -0.0331. The molecule has 0 radical (unpaired) electrons. The number of thiazole rings is 1. The number of benzene rings is 1. The van der Waals surface area contributed by atoms with Crippen LogP contribution in [0, 0.1) is 6.92 Å². The van der Waals surface area contributed by atoms with Gasteiger partial charge in [0, 0.05) is 5.56 Å². The molecule has 3 rings (SSSR count). The van der Waals surface area contributed by atoms with Crippen LogP contribution in [0.15, 0.2) is 57.7 Å². The number of aromatic nitrogens is 1. The first kappa shape index (κ1) is 14.9. The molecule has 2 aromatic carbocycles. The van der Waals surface area contributed by atoms with Gasteiger partial charge >= 0.3 is 0 Å². The summed E-state index contributed by atoms with van der Waals surface area (Å²) in [7, 11) is 0. The molecule has 1 heterocycles. The molecule has 0 bridgehead atoms. The van der Waals surface area contributed by atoms with Crippen molar-refractivity contribution in [1.82, 2.24) is 4.98 Å². The van der Waals surface area contributed by atoms with Crippen molar-refractivity contribution in [2.75, 3.05) is 5.75 Å². The second-order valence-electron chi connectivity index (χ2n) is 4.85. The summed E-state index contributed by atoms with van der Waals surface area (Å²) in [5.74, 6) is 0.389. The summed E-state index contributed by atoms with van der Waals surface area (Å²) < 4.78 is 1.38. The van der Waals surface area contributed by atoms with Gasteiger partial charge in [0.2, 0.25) is 0 Å². The Bertz CT molecular complexity index is 885. The molecule has 0 saturated heterocycles. The Morgan fingerprint density at radius 1 is 1.14 bits per heavy atom. The number of rotatable bonds is 4. The third-order valence-electron chi connectivity index (χ3n) is 3.17. The van der Waals surface area contributed by atoms with Crippen molar-refractivity contribution in [3.05, 3.63) is 69.9 Å². The molecule has 3 aromatic rings. The predicted molar refractivity (Wildman–Crippen MR) is 92.1 cm³/mol. The van der Waals surface area contributed by atoms with Crippen LogP contribution in [0.1, 0.15) is 15.9 Å². The van der Waals surface area contributed by atoms with Gasteiger partial charge in [-0.15, -0.1) is 11.3 Å². The number of hydrogen-bond acceptors (Lipinski definition) is 5. The summed E-state index contributed by atoms with van der Waals surface area (Å²) in [5, 5.41) is 0. The molecule has 110 valence electrons. The highest BCUT2D eigenvalue weighted by Gasteiger charge is 2.10. The van der Waals surface area contributed by atoms with Crippen LogP contribution in [0.5, 0.6) is 0 Å². The van der Waals surface area contributed by atoms with E-state index < -0.39 is 0 Å². The normalized spacial score (nSPS) is 10.8. The zero-order chi connectivity index (χ0) is 15.5. The van der Waals surface area contributed by atoms with Crippen LogP contribution in [-0.2, 0) is 0 Å². The van der Waals surface area contributed by atoms with E-state index in [9.17, 15) is 9.59 Å². The van der Waals surface area contributed by atoms with Crippen LogP contribution in [0.4, 0.5) is 0 Å². The van der Waals surface area contributed by atoms with Gasteiger partial charge in [-0.3, -0.25) is 9.59 Å². The van der Waals surface area contributed by atoms with Crippen LogP contribution in [-0.4, -0.2) is 16.5 Å². The Kier molecular flexibility index (Phi) is 4.36. The van der Waals surface area contributed by atoms with Gasteiger partial charge in [0.15, 0.2) is 15.6 Å². The van der Waals surface area contributed by atoms with Crippen LogP contribution >= 0.6 is 23.1 Å². The Hall–Kier alpha value is -1.98. The van der Waals surface area contributed by atoms with Gasteiger partial charge in [0.25, 0.3) is 0 Å². The Labute approximate surface area is 136 Å². The lowest BCUT2D eigenvalue weighted by Gasteiger charge is -1.99. The number of ketones is 1. The summed E-state index contributed by atoms with van der Waals surface area (Å²) in [6, 6.07) is 14.4. The molecule has 1 aromatic heterocycles. The third kappa shape index (κ3) is 3.26. The number of fused-ring (bicyclic) bond motifs is 1. The van der Waals surface area contributed by atoms with Crippen LogP contribution in [0.3, 0.4) is 0 Å². The Morgan fingerprint density at radius 3 is 2.64 bits per heavy atom. The maximum absolute atomic E-state index is 12.2. The number of carbonyl (C=O) groups excluding carboxylic acids is 1. The number of Topliss-reactive ketones (excluding diaryl/α,β-unsaturated/α-hetero) is 1. The van der Waals surface area contributed by atoms with E-state index in [1.165, 1.54) is 29.2 Å². The Balaban J connectivity index is 1.77. The van der Waals surface area contributed by atoms with Crippen LogP contribution in [0.2, 0.25) is 0 Å². The number of aryl methyl sites for hydroxylation is 1. The molecule has 5 heteroatoms. The molecule has 0 unspecified atom stereocenters. The van der Waals surface area contributed by atoms with Crippen molar-refractivity contribution in [3.8, 4) is 0 Å². The molecule has 0 N–H and O–H groups in total. The predicted octanol–water partition coefficient (Wildman–Crippen LogP) is 3.94. The lowest BCUT2D eigenvalue weighted by Crippen LogP contribution is -2.01. The van der Waals surface area contributed by atoms with Crippen molar-refractivity contribution in [1.29, 1.82) is 0 Å². The van der Waals surface area contributed by atoms with Gasteiger partial charge in [-0.05, 0) is 19.1 Å². The van der Waals surface area contributed by atoms with Crippen molar-refractivity contribution in [2.24, 2.45) is 0 Å². The smallest absolute Gasteiger partial charge is 0.198 e. The van der Waals surface area contributed by atoms with E-state index in [2.05, 4.69) is 4.98 Å². The van der Waals surface area contributed by atoms with E-state index in [0.717, 1.165) is 9.90 Å². The summed E-state index contributed by atoms with van der Waals surface area (Å²) in [6.45, 7) is 1.99. The van der Waals surface area contributed by atoms with E-state index in [4.69, 9.17) is 0 Å². The SMILES string of the molecule is Cc1ccc(C(=O)CSc2nc3ccccc(=O)c3s2)cc1. The molecular weight excluding hydrogens is 314 g/mol. The quantitative estimate of drug-likeness (QED) is 0.538. The molecule has 0 atom stereocenters. The molecule has 22 heavy (non-hydrogen) atoms. The summed E-state index contributed by atoms with van der Waals surface area (Å²) in [6.07, 6.45) is 0. The topological polar surface area (TPSA) is 47.0 Å². The molecule has 0 fully saturated rings. The Morgan fingerprint density at radius 2 is 1.86 bits per heavy atom. The van der Waals surface area contributed by atoms with Gasteiger partial charge in [0.05, 0.1) is 11.3 Å². The summed E-state index contributed by atoms with van der Waals surface area (Å²) >= 11 is 2.72. The van der Waals surface area contributed by atoms with Crippen molar-refractivity contribution >= 4 is 39.1 Å².